The van der Waals surface area contributed by atoms with Crippen LogP contribution < -0.4 is 4.74 Å². The number of amides is 1. The molecule has 1 saturated heterocycles. The minimum Gasteiger partial charge on any atom is -0.497 e. The third kappa shape index (κ3) is 2.90. The van der Waals surface area contributed by atoms with E-state index >= 15 is 0 Å². The molecule has 23 heavy (non-hydrogen) atoms. The second-order valence-corrected chi connectivity index (χ2v) is 5.39. The van der Waals surface area contributed by atoms with Crippen LogP contribution in [0.4, 0.5) is 0 Å². The molecule has 0 unspecified atom stereocenters. The lowest BCUT2D eigenvalue weighted by Gasteiger charge is -2.20. The Kier molecular flexibility index (Phi) is 4.01. The molecule has 0 radical (unpaired) electrons. The summed E-state index contributed by atoms with van der Waals surface area (Å²) in [4.78, 5) is 25.1. The quantitative estimate of drug-likeness (QED) is 0.896. The van der Waals surface area contributed by atoms with Gasteiger partial charge in [-0.25, -0.2) is 4.79 Å². The molecule has 1 atom stereocenters. The number of carboxylic acid groups (broad SMARTS) is 1. The van der Waals surface area contributed by atoms with Gasteiger partial charge in [0, 0.05) is 12.1 Å². The summed E-state index contributed by atoms with van der Waals surface area (Å²) in [6.07, 6.45) is 1.18. The Hall–Kier alpha value is -2.83. The fourth-order valence-electron chi connectivity index (χ4n) is 2.78. The van der Waals surface area contributed by atoms with Crippen molar-refractivity contribution in [3.8, 4) is 17.0 Å². The van der Waals surface area contributed by atoms with Crippen LogP contribution in [0.5, 0.6) is 5.75 Å². The first kappa shape index (κ1) is 15.1. The Morgan fingerprint density at radius 3 is 2.96 bits per heavy atom. The van der Waals surface area contributed by atoms with Crippen molar-refractivity contribution in [1.82, 2.24) is 15.1 Å². The van der Waals surface area contributed by atoms with Crippen molar-refractivity contribution in [1.29, 1.82) is 0 Å². The van der Waals surface area contributed by atoms with Gasteiger partial charge in [-0.3, -0.25) is 9.89 Å². The van der Waals surface area contributed by atoms with E-state index in [1.54, 1.807) is 13.2 Å². The minimum atomic E-state index is -0.969. The fourth-order valence-corrected chi connectivity index (χ4v) is 2.78. The molecule has 2 aromatic rings. The topological polar surface area (TPSA) is 95.5 Å². The Morgan fingerprint density at radius 1 is 1.39 bits per heavy atom. The molecule has 1 fully saturated rings. The maximum Gasteiger partial charge on any atom is 0.326 e. The summed E-state index contributed by atoms with van der Waals surface area (Å²) in [5.74, 6) is -0.608. The number of aliphatic carboxylic acids is 1. The Labute approximate surface area is 132 Å². The van der Waals surface area contributed by atoms with E-state index < -0.39 is 12.0 Å². The van der Waals surface area contributed by atoms with Gasteiger partial charge in [0.05, 0.1) is 12.8 Å². The van der Waals surface area contributed by atoms with Gasteiger partial charge in [0.25, 0.3) is 5.91 Å². The second-order valence-electron chi connectivity index (χ2n) is 5.39. The van der Waals surface area contributed by atoms with Crippen molar-refractivity contribution < 1.29 is 19.4 Å². The number of carboxylic acids is 1. The fraction of sp³-hybridized carbons (Fsp3) is 0.312. The molecule has 0 spiro atoms. The van der Waals surface area contributed by atoms with E-state index in [4.69, 9.17) is 4.74 Å². The van der Waals surface area contributed by atoms with E-state index in [9.17, 15) is 14.7 Å². The lowest BCUT2D eigenvalue weighted by molar-refractivity contribution is -0.141. The summed E-state index contributed by atoms with van der Waals surface area (Å²) in [5.41, 5.74) is 1.71. The zero-order valence-electron chi connectivity index (χ0n) is 12.7. The maximum absolute atomic E-state index is 12.5. The monoisotopic (exact) mass is 315 g/mol. The van der Waals surface area contributed by atoms with Gasteiger partial charge in [0.15, 0.2) is 0 Å². The molecule has 1 aromatic heterocycles. The molecule has 1 amide bonds. The van der Waals surface area contributed by atoms with Crippen LogP contribution in [0.2, 0.25) is 0 Å². The van der Waals surface area contributed by atoms with Crippen molar-refractivity contribution in [2.24, 2.45) is 0 Å². The SMILES string of the molecule is COc1cccc(-c2cc(C(=O)N3CCC[C@@H]3C(=O)O)[nH]n2)c1. The van der Waals surface area contributed by atoms with Gasteiger partial charge >= 0.3 is 5.97 Å². The number of benzene rings is 1. The third-order valence-electron chi connectivity index (χ3n) is 3.97. The average Bonchev–Trinajstić information content (AvgIpc) is 3.23. The van der Waals surface area contributed by atoms with Gasteiger partial charge in [-0.1, -0.05) is 12.1 Å². The lowest BCUT2D eigenvalue weighted by Crippen LogP contribution is -2.40. The Bertz CT molecular complexity index is 740. The average molecular weight is 315 g/mol. The Balaban J connectivity index is 1.84. The normalized spacial score (nSPS) is 17.3. The molecule has 2 heterocycles. The zero-order chi connectivity index (χ0) is 16.4. The van der Waals surface area contributed by atoms with Crippen molar-refractivity contribution in [3.63, 3.8) is 0 Å². The molecule has 120 valence electrons. The number of carbonyl (C=O) groups is 2. The largest absolute Gasteiger partial charge is 0.497 e. The molecule has 2 N–H and O–H groups in total. The highest BCUT2D eigenvalue weighted by Gasteiger charge is 2.35. The zero-order valence-corrected chi connectivity index (χ0v) is 12.7. The number of H-pyrrole nitrogens is 1. The molecular weight excluding hydrogens is 298 g/mol. The molecule has 7 heteroatoms. The molecule has 1 aliphatic rings. The smallest absolute Gasteiger partial charge is 0.326 e. The summed E-state index contributed by atoms with van der Waals surface area (Å²) in [5, 5.41) is 16.0. The van der Waals surface area contributed by atoms with Crippen molar-refractivity contribution in [2.45, 2.75) is 18.9 Å². The number of aromatic amines is 1. The first-order chi connectivity index (χ1) is 11.1. The van der Waals surface area contributed by atoms with Gasteiger partial charge in [-0.15, -0.1) is 0 Å². The standard InChI is InChI=1S/C16H17N3O4/c1-23-11-5-2-4-10(8-11)12-9-13(18-17-12)15(20)19-7-3-6-14(19)16(21)22/h2,4-5,8-9,14H,3,6-7H2,1H3,(H,17,18)(H,21,22)/t14-/m1/s1. The minimum absolute atomic E-state index is 0.288. The molecule has 1 aliphatic heterocycles. The van der Waals surface area contributed by atoms with E-state index in [0.29, 0.717) is 30.8 Å². The molecule has 0 aliphatic carbocycles. The number of methoxy groups -OCH3 is 1. The van der Waals surface area contributed by atoms with E-state index in [0.717, 1.165) is 5.56 Å². The number of hydrogen-bond donors (Lipinski definition) is 2. The molecule has 0 bridgehead atoms. The number of rotatable bonds is 4. The number of aromatic nitrogens is 2. The summed E-state index contributed by atoms with van der Waals surface area (Å²) in [6.45, 7) is 0.448. The first-order valence-corrected chi connectivity index (χ1v) is 7.34. The van der Waals surface area contributed by atoms with Crippen molar-refractivity contribution >= 4 is 11.9 Å². The van der Waals surface area contributed by atoms with Gasteiger partial charge in [-0.05, 0) is 31.0 Å². The first-order valence-electron chi connectivity index (χ1n) is 7.34. The summed E-state index contributed by atoms with van der Waals surface area (Å²) < 4.78 is 5.17. The van der Waals surface area contributed by atoms with Crippen molar-refractivity contribution in [2.75, 3.05) is 13.7 Å². The highest BCUT2D eigenvalue weighted by atomic mass is 16.5. The van der Waals surface area contributed by atoms with E-state index in [2.05, 4.69) is 10.2 Å². The van der Waals surface area contributed by atoms with Gasteiger partial charge in [-0.2, -0.15) is 5.10 Å². The number of likely N-dealkylation sites (tertiary alicyclic amines) is 1. The van der Waals surface area contributed by atoms with Crippen LogP contribution in [-0.4, -0.2) is 51.8 Å². The third-order valence-corrected chi connectivity index (χ3v) is 3.97. The number of hydrogen-bond acceptors (Lipinski definition) is 4. The van der Waals surface area contributed by atoms with Crippen LogP contribution in [0.15, 0.2) is 30.3 Å². The molecule has 7 nitrogen and oxygen atoms in total. The van der Waals surface area contributed by atoms with Crippen LogP contribution in [0, 0.1) is 0 Å². The number of ether oxygens (including phenoxy) is 1. The molecule has 3 rings (SSSR count). The lowest BCUT2D eigenvalue weighted by atomic mass is 10.1. The maximum atomic E-state index is 12.5. The van der Waals surface area contributed by atoms with Crippen LogP contribution in [-0.2, 0) is 4.79 Å². The molecule has 1 aromatic carbocycles. The second kappa shape index (κ2) is 6.12. The predicted octanol–water partition coefficient (Wildman–Crippen LogP) is 1.77. The van der Waals surface area contributed by atoms with Crippen LogP contribution in [0.25, 0.3) is 11.3 Å². The van der Waals surface area contributed by atoms with Crippen LogP contribution in [0.3, 0.4) is 0 Å². The number of carbonyl (C=O) groups excluding carboxylic acids is 1. The van der Waals surface area contributed by atoms with Gasteiger partial charge in [0.1, 0.15) is 17.5 Å². The van der Waals surface area contributed by atoms with Gasteiger partial charge < -0.3 is 14.7 Å². The van der Waals surface area contributed by atoms with E-state index in [1.807, 2.05) is 24.3 Å². The van der Waals surface area contributed by atoms with E-state index in [-0.39, 0.29) is 11.6 Å². The van der Waals surface area contributed by atoms with Crippen LogP contribution >= 0.6 is 0 Å². The molecular formula is C16H17N3O4. The van der Waals surface area contributed by atoms with Gasteiger partial charge in [0.2, 0.25) is 0 Å². The summed E-state index contributed by atoms with van der Waals surface area (Å²) in [6, 6.07) is 8.22. The Morgan fingerprint density at radius 2 is 2.22 bits per heavy atom. The van der Waals surface area contributed by atoms with E-state index in [1.165, 1.54) is 4.90 Å². The molecule has 0 saturated carbocycles. The number of nitrogens with zero attached hydrogens (tertiary/aromatic N) is 2. The highest BCUT2D eigenvalue weighted by molar-refractivity contribution is 5.96. The predicted molar refractivity (Wildman–Crippen MR) is 82.3 cm³/mol. The highest BCUT2D eigenvalue weighted by Crippen LogP contribution is 2.24. The number of nitrogens with one attached hydrogen (secondary N) is 1. The van der Waals surface area contributed by atoms with Crippen LogP contribution in [0.1, 0.15) is 23.3 Å². The summed E-state index contributed by atoms with van der Waals surface area (Å²) in [7, 11) is 1.58. The van der Waals surface area contributed by atoms with Crippen molar-refractivity contribution in [3.05, 3.63) is 36.0 Å². The summed E-state index contributed by atoms with van der Waals surface area (Å²) >= 11 is 0.